The molecule has 1 N–H and O–H groups in total. The van der Waals surface area contributed by atoms with Gasteiger partial charge in [0.2, 0.25) is 0 Å². The first-order valence-electron chi connectivity index (χ1n) is 6.32. The van der Waals surface area contributed by atoms with Gasteiger partial charge in [0.1, 0.15) is 0 Å². The number of carbonyl (C=O) groups is 1. The van der Waals surface area contributed by atoms with Crippen molar-refractivity contribution in [2.45, 2.75) is 25.3 Å². The molecule has 0 amide bonds. The molecule has 0 saturated heterocycles. The Bertz CT molecular complexity index is 705. The molecule has 20 heavy (non-hydrogen) atoms. The zero-order chi connectivity index (χ0) is 14.5. The van der Waals surface area contributed by atoms with Crippen LogP contribution < -0.4 is 5.69 Å². The van der Waals surface area contributed by atoms with Crippen LogP contribution in [0.1, 0.15) is 30.9 Å². The number of nitriles is 1. The summed E-state index contributed by atoms with van der Waals surface area (Å²) >= 11 is 0. The Balaban J connectivity index is 0.000000328. The molecule has 1 aliphatic rings. The van der Waals surface area contributed by atoms with E-state index in [1.54, 1.807) is 12.1 Å². The predicted molar refractivity (Wildman–Crippen MR) is 73.2 cm³/mol. The third-order valence-corrected chi connectivity index (χ3v) is 3.38. The van der Waals surface area contributed by atoms with Crippen molar-refractivity contribution in [2.75, 3.05) is 7.11 Å². The van der Waals surface area contributed by atoms with Crippen molar-refractivity contribution >= 4 is 17.5 Å². The summed E-state index contributed by atoms with van der Waals surface area (Å²) in [6, 6.07) is 7.75. The van der Waals surface area contributed by atoms with E-state index in [0.29, 0.717) is 18.1 Å². The minimum atomic E-state index is -0.0604. The summed E-state index contributed by atoms with van der Waals surface area (Å²) in [4.78, 5) is 23.6. The van der Waals surface area contributed by atoms with Gasteiger partial charge in [0, 0.05) is 6.04 Å². The van der Waals surface area contributed by atoms with Crippen molar-refractivity contribution in [3.63, 3.8) is 0 Å². The van der Waals surface area contributed by atoms with E-state index in [4.69, 9.17) is 10.1 Å². The second-order valence-corrected chi connectivity index (χ2v) is 4.56. The van der Waals surface area contributed by atoms with E-state index < -0.39 is 0 Å². The number of H-pyrrole nitrogens is 1. The first kappa shape index (κ1) is 13.9. The number of hydrogen-bond donors (Lipinski definition) is 1. The number of aromatic amines is 1. The zero-order valence-corrected chi connectivity index (χ0v) is 11.1. The summed E-state index contributed by atoms with van der Waals surface area (Å²) in [5.41, 5.74) is 2.19. The second kappa shape index (κ2) is 6.06. The van der Waals surface area contributed by atoms with E-state index in [1.165, 1.54) is 13.5 Å². The van der Waals surface area contributed by atoms with Crippen LogP contribution in [-0.2, 0) is 9.53 Å². The molecule has 3 rings (SSSR count). The number of nitrogens with zero attached hydrogens (tertiary/aromatic N) is 2. The van der Waals surface area contributed by atoms with Crippen LogP contribution in [-0.4, -0.2) is 23.1 Å². The molecule has 0 radical (unpaired) electrons. The average Bonchev–Trinajstić information content (AvgIpc) is 2.73. The highest BCUT2D eigenvalue weighted by Gasteiger charge is 2.23. The standard InChI is InChI=1S/C12H11N3O.C2H4O2/c13-7-8-4-5-11-10(6-8)14-12(16)15(11)9-2-1-3-9;1-4-2-3/h4-6,9H,1-3H2,(H,14,16);2H,1H3. The number of ether oxygens (including phenoxy) is 1. The molecule has 104 valence electrons. The number of nitrogens with one attached hydrogen (secondary N) is 1. The van der Waals surface area contributed by atoms with Gasteiger partial charge in [-0.15, -0.1) is 0 Å². The fourth-order valence-electron chi connectivity index (χ4n) is 2.21. The Labute approximate surface area is 115 Å². The number of rotatable bonds is 2. The first-order chi connectivity index (χ1) is 9.71. The van der Waals surface area contributed by atoms with Gasteiger partial charge in [-0.3, -0.25) is 9.36 Å². The van der Waals surface area contributed by atoms with Crippen LogP contribution >= 0.6 is 0 Å². The molecule has 1 heterocycles. The Morgan fingerprint density at radius 1 is 1.50 bits per heavy atom. The number of methoxy groups -OCH3 is 1. The third kappa shape index (κ3) is 2.57. The van der Waals surface area contributed by atoms with Gasteiger partial charge in [-0.05, 0) is 37.5 Å². The summed E-state index contributed by atoms with van der Waals surface area (Å²) < 4.78 is 5.68. The lowest BCUT2D eigenvalue weighted by Gasteiger charge is -2.26. The van der Waals surface area contributed by atoms with Gasteiger partial charge >= 0.3 is 5.69 Å². The summed E-state index contributed by atoms with van der Waals surface area (Å²) in [7, 11) is 1.31. The SMILES string of the molecule is COC=O.N#Cc1ccc2c(c1)[nH]c(=O)n2C1CCC1. The van der Waals surface area contributed by atoms with E-state index in [1.807, 2.05) is 10.6 Å². The van der Waals surface area contributed by atoms with Gasteiger partial charge in [-0.2, -0.15) is 5.26 Å². The highest BCUT2D eigenvalue weighted by Crippen LogP contribution is 2.32. The molecule has 1 aromatic heterocycles. The number of hydrogen-bond acceptors (Lipinski definition) is 4. The molecular weight excluding hydrogens is 258 g/mol. The van der Waals surface area contributed by atoms with Gasteiger partial charge in [0.15, 0.2) is 0 Å². The molecule has 0 atom stereocenters. The Morgan fingerprint density at radius 3 is 2.70 bits per heavy atom. The Kier molecular flexibility index (Phi) is 4.20. The van der Waals surface area contributed by atoms with Gasteiger partial charge in [-0.1, -0.05) is 0 Å². The Hall–Kier alpha value is -2.55. The van der Waals surface area contributed by atoms with Crippen molar-refractivity contribution in [3.8, 4) is 6.07 Å². The van der Waals surface area contributed by atoms with Crippen LogP contribution in [0.2, 0.25) is 0 Å². The van der Waals surface area contributed by atoms with E-state index in [0.717, 1.165) is 23.9 Å². The quantitative estimate of drug-likeness (QED) is 0.844. The second-order valence-electron chi connectivity index (χ2n) is 4.56. The molecule has 6 nitrogen and oxygen atoms in total. The maximum atomic E-state index is 11.8. The van der Waals surface area contributed by atoms with Crippen LogP contribution in [0.25, 0.3) is 11.0 Å². The minimum absolute atomic E-state index is 0.0604. The normalized spacial score (nSPS) is 13.8. The van der Waals surface area contributed by atoms with Crippen molar-refractivity contribution < 1.29 is 9.53 Å². The van der Waals surface area contributed by atoms with Crippen molar-refractivity contribution in [1.82, 2.24) is 9.55 Å². The van der Waals surface area contributed by atoms with E-state index >= 15 is 0 Å². The van der Waals surface area contributed by atoms with E-state index in [-0.39, 0.29) is 5.69 Å². The lowest BCUT2D eigenvalue weighted by molar-refractivity contribution is -0.126. The van der Waals surface area contributed by atoms with Gasteiger partial charge in [0.25, 0.3) is 6.47 Å². The van der Waals surface area contributed by atoms with Gasteiger partial charge in [0.05, 0.1) is 29.8 Å². The number of fused-ring (bicyclic) bond motifs is 1. The maximum absolute atomic E-state index is 11.8. The van der Waals surface area contributed by atoms with Crippen molar-refractivity contribution in [1.29, 1.82) is 5.26 Å². The number of carbonyl (C=O) groups excluding carboxylic acids is 1. The summed E-state index contributed by atoms with van der Waals surface area (Å²) in [5.74, 6) is 0. The highest BCUT2D eigenvalue weighted by atomic mass is 16.5. The lowest BCUT2D eigenvalue weighted by atomic mass is 9.93. The maximum Gasteiger partial charge on any atom is 0.326 e. The van der Waals surface area contributed by atoms with E-state index in [2.05, 4.69) is 15.8 Å². The number of aromatic nitrogens is 2. The molecule has 2 aromatic rings. The Morgan fingerprint density at radius 2 is 2.20 bits per heavy atom. The molecule has 1 saturated carbocycles. The van der Waals surface area contributed by atoms with Crippen molar-refractivity contribution in [2.24, 2.45) is 0 Å². The molecule has 0 unspecified atom stereocenters. The molecule has 1 aromatic carbocycles. The van der Waals surface area contributed by atoms with E-state index in [9.17, 15) is 4.79 Å². The van der Waals surface area contributed by atoms with Crippen molar-refractivity contribution in [3.05, 3.63) is 34.2 Å². The van der Waals surface area contributed by atoms with Gasteiger partial charge < -0.3 is 9.72 Å². The predicted octanol–water partition coefficient (Wildman–Crippen LogP) is 1.72. The number of benzene rings is 1. The molecule has 6 heteroatoms. The lowest BCUT2D eigenvalue weighted by Crippen LogP contribution is -2.26. The summed E-state index contributed by atoms with van der Waals surface area (Å²) in [6.45, 7) is 0.375. The van der Waals surface area contributed by atoms with Crippen LogP contribution in [0.15, 0.2) is 23.0 Å². The fourth-order valence-corrected chi connectivity index (χ4v) is 2.21. The summed E-state index contributed by atoms with van der Waals surface area (Å²) in [5, 5.41) is 8.79. The van der Waals surface area contributed by atoms with Crippen LogP contribution in [0.4, 0.5) is 0 Å². The minimum Gasteiger partial charge on any atom is -0.471 e. The first-order valence-corrected chi connectivity index (χ1v) is 6.32. The molecule has 0 spiro atoms. The average molecular weight is 273 g/mol. The fraction of sp³-hybridized carbons (Fsp3) is 0.357. The van der Waals surface area contributed by atoms with Crippen LogP contribution in [0.3, 0.4) is 0 Å². The zero-order valence-electron chi connectivity index (χ0n) is 11.1. The smallest absolute Gasteiger partial charge is 0.326 e. The molecule has 0 bridgehead atoms. The summed E-state index contributed by atoms with van der Waals surface area (Å²) in [6.07, 6.45) is 3.35. The monoisotopic (exact) mass is 273 g/mol. The van der Waals surface area contributed by atoms with Gasteiger partial charge in [-0.25, -0.2) is 4.79 Å². The topological polar surface area (TPSA) is 87.9 Å². The van der Waals surface area contributed by atoms with Crippen LogP contribution in [0, 0.1) is 11.3 Å². The molecule has 1 aliphatic carbocycles. The van der Waals surface area contributed by atoms with Crippen LogP contribution in [0.5, 0.6) is 0 Å². The molecule has 0 aliphatic heterocycles. The largest absolute Gasteiger partial charge is 0.471 e. The number of imidazole rings is 1. The molecular formula is C14H15N3O3. The third-order valence-electron chi connectivity index (χ3n) is 3.38. The highest BCUT2D eigenvalue weighted by molar-refractivity contribution is 5.77. The molecule has 1 fully saturated rings.